The van der Waals surface area contributed by atoms with Gasteiger partial charge in [-0.05, 0) is 41.8 Å². The molecule has 100 valence electrons. The normalized spacial score (nSPS) is 12.3. The van der Waals surface area contributed by atoms with Crippen molar-refractivity contribution in [3.05, 3.63) is 63.6 Å². The van der Waals surface area contributed by atoms with E-state index in [1.165, 1.54) is 5.56 Å². The molecule has 0 saturated carbocycles. The number of nitrogen functional groups attached to an aromatic ring is 1. The molecule has 0 heterocycles. The molecule has 0 amide bonds. The Morgan fingerprint density at radius 2 is 1.89 bits per heavy atom. The summed E-state index contributed by atoms with van der Waals surface area (Å²) < 4.78 is 13.1. The lowest BCUT2D eigenvalue weighted by Gasteiger charge is -2.07. The molecule has 0 aliphatic rings. The Bertz CT molecular complexity index is 593. The fourth-order valence-corrected chi connectivity index (χ4v) is 3.81. The average molecular weight is 338 g/mol. The van der Waals surface area contributed by atoms with Crippen molar-refractivity contribution < 1.29 is 4.21 Å². The molecular weight excluding hydrogens is 322 g/mol. The largest absolute Gasteiger partial charge is 0.399 e. The van der Waals surface area contributed by atoms with Crippen LogP contribution < -0.4 is 5.73 Å². The number of nitrogens with two attached hydrogens (primary N) is 1. The molecule has 2 aromatic carbocycles. The summed E-state index contributed by atoms with van der Waals surface area (Å²) in [5.74, 6) is 1.11. The van der Waals surface area contributed by atoms with Crippen molar-refractivity contribution >= 4 is 32.4 Å². The van der Waals surface area contributed by atoms with E-state index < -0.39 is 10.8 Å². The number of rotatable bonds is 4. The molecule has 0 radical (unpaired) electrons. The number of hydrogen-bond acceptors (Lipinski definition) is 2. The lowest BCUT2D eigenvalue weighted by molar-refractivity contribution is 0.682. The summed E-state index contributed by atoms with van der Waals surface area (Å²) in [6, 6.07) is 13.7. The van der Waals surface area contributed by atoms with Gasteiger partial charge in [-0.1, -0.05) is 40.2 Å². The Hall–Kier alpha value is -1.13. The predicted molar refractivity (Wildman–Crippen MR) is 85.3 cm³/mol. The molecule has 19 heavy (non-hydrogen) atoms. The number of hydrogen-bond donors (Lipinski definition) is 1. The van der Waals surface area contributed by atoms with E-state index in [4.69, 9.17) is 5.73 Å². The Kier molecular flexibility index (Phi) is 4.77. The molecule has 0 bridgehead atoms. The maximum Gasteiger partial charge on any atom is 0.0491 e. The van der Waals surface area contributed by atoms with Gasteiger partial charge in [0.1, 0.15) is 0 Å². The van der Waals surface area contributed by atoms with Crippen molar-refractivity contribution in [3.63, 3.8) is 0 Å². The van der Waals surface area contributed by atoms with E-state index in [0.29, 0.717) is 17.2 Å². The summed E-state index contributed by atoms with van der Waals surface area (Å²) in [6.07, 6.45) is 0. The van der Waals surface area contributed by atoms with E-state index in [1.54, 1.807) is 0 Å². The highest BCUT2D eigenvalue weighted by Crippen LogP contribution is 2.19. The van der Waals surface area contributed by atoms with E-state index >= 15 is 0 Å². The zero-order valence-corrected chi connectivity index (χ0v) is 13.1. The van der Waals surface area contributed by atoms with Gasteiger partial charge in [-0.3, -0.25) is 4.21 Å². The fraction of sp³-hybridized carbons (Fsp3) is 0.200. The zero-order valence-electron chi connectivity index (χ0n) is 10.7. The first-order chi connectivity index (χ1) is 9.04. The highest BCUT2D eigenvalue weighted by molar-refractivity contribution is 9.10. The standard InChI is InChI=1S/C15H16BrNOS/c1-11-4-2-3-5-13(11)10-19(18)9-12-6-14(16)8-15(17)7-12/h2-8H,9-10,17H2,1H3. The van der Waals surface area contributed by atoms with Crippen molar-refractivity contribution in [1.29, 1.82) is 0 Å². The van der Waals surface area contributed by atoms with Crippen LogP contribution in [0.1, 0.15) is 16.7 Å². The number of benzene rings is 2. The molecule has 0 aromatic heterocycles. The third-order valence-corrected chi connectivity index (χ3v) is 4.63. The first-order valence-corrected chi connectivity index (χ1v) is 8.27. The van der Waals surface area contributed by atoms with Gasteiger partial charge < -0.3 is 5.73 Å². The summed E-state index contributed by atoms with van der Waals surface area (Å²) in [4.78, 5) is 0. The van der Waals surface area contributed by atoms with Crippen LogP contribution >= 0.6 is 15.9 Å². The highest BCUT2D eigenvalue weighted by atomic mass is 79.9. The molecule has 0 saturated heterocycles. The van der Waals surface area contributed by atoms with Crippen LogP contribution in [0.3, 0.4) is 0 Å². The summed E-state index contributed by atoms with van der Waals surface area (Å²) >= 11 is 3.40. The van der Waals surface area contributed by atoms with Crippen LogP contribution in [-0.4, -0.2) is 4.21 Å². The van der Waals surface area contributed by atoms with E-state index in [1.807, 2.05) is 49.4 Å². The Morgan fingerprint density at radius 1 is 1.16 bits per heavy atom. The van der Waals surface area contributed by atoms with Crippen LogP contribution in [0.4, 0.5) is 5.69 Å². The van der Waals surface area contributed by atoms with Crippen LogP contribution in [0.2, 0.25) is 0 Å². The van der Waals surface area contributed by atoms with E-state index in [0.717, 1.165) is 15.6 Å². The predicted octanol–water partition coefficient (Wildman–Crippen LogP) is 3.79. The first-order valence-electron chi connectivity index (χ1n) is 5.99. The van der Waals surface area contributed by atoms with Gasteiger partial charge in [0.25, 0.3) is 0 Å². The fourth-order valence-electron chi connectivity index (χ4n) is 1.94. The minimum absolute atomic E-state index is 0.526. The molecule has 0 spiro atoms. The third-order valence-electron chi connectivity index (χ3n) is 2.89. The lowest BCUT2D eigenvalue weighted by Crippen LogP contribution is -2.01. The van der Waals surface area contributed by atoms with Gasteiger partial charge in [0.2, 0.25) is 0 Å². The average Bonchev–Trinajstić information content (AvgIpc) is 2.30. The molecule has 2 nitrogen and oxygen atoms in total. The summed E-state index contributed by atoms with van der Waals surface area (Å²) in [5, 5.41) is 0. The van der Waals surface area contributed by atoms with Crippen molar-refractivity contribution in [2.45, 2.75) is 18.4 Å². The van der Waals surface area contributed by atoms with Gasteiger partial charge >= 0.3 is 0 Å². The smallest absolute Gasteiger partial charge is 0.0491 e. The summed E-state index contributed by atoms with van der Waals surface area (Å²) in [6.45, 7) is 2.05. The molecular formula is C15H16BrNOS. The number of anilines is 1. The first kappa shape index (κ1) is 14.3. The van der Waals surface area contributed by atoms with Gasteiger partial charge in [0, 0.05) is 32.5 Å². The van der Waals surface area contributed by atoms with E-state index in [-0.39, 0.29) is 0 Å². The van der Waals surface area contributed by atoms with Crippen molar-refractivity contribution in [2.24, 2.45) is 0 Å². The van der Waals surface area contributed by atoms with E-state index in [9.17, 15) is 4.21 Å². The second-order valence-electron chi connectivity index (χ2n) is 4.55. The molecule has 0 aliphatic carbocycles. The second-order valence-corrected chi connectivity index (χ2v) is 6.92. The van der Waals surface area contributed by atoms with Crippen LogP contribution in [-0.2, 0) is 22.3 Å². The number of aryl methyl sites for hydroxylation is 1. The number of halogens is 1. The van der Waals surface area contributed by atoms with Crippen molar-refractivity contribution in [2.75, 3.05) is 5.73 Å². The van der Waals surface area contributed by atoms with Gasteiger partial charge in [-0.2, -0.15) is 0 Å². The SMILES string of the molecule is Cc1ccccc1CS(=O)Cc1cc(N)cc(Br)c1. The summed E-state index contributed by atoms with van der Waals surface area (Å²) in [7, 11) is -0.925. The topological polar surface area (TPSA) is 43.1 Å². The molecule has 0 fully saturated rings. The zero-order chi connectivity index (χ0) is 13.8. The molecule has 2 rings (SSSR count). The minimum atomic E-state index is -0.925. The minimum Gasteiger partial charge on any atom is -0.399 e. The van der Waals surface area contributed by atoms with Crippen LogP contribution in [0, 0.1) is 6.92 Å². The van der Waals surface area contributed by atoms with Gasteiger partial charge in [-0.15, -0.1) is 0 Å². The molecule has 1 unspecified atom stereocenters. The molecule has 1 atom stereocenters. The van der Waals surface area contributed by atoms with Crippen LogP contribution in [0.25, 0.3) is 0 Å². The Labute approximate surface area is 124 Å². The second kappa shape index (κ2) is 6.35. The van der Waals surface area contributed by atoms with Crippen molar-refractivity contribution in [3.8, 4) is 0 Å². The Morgan fingerprint density at radius 3 is 2.58 bits per heavy atom. The van der Waals surface area contributed by atoms with Crippen LogP contribution in [0.15, 0.2) is 46.9 Å². The summed E-state index contributed by atoms with van der Waals surface area (Å²) in [5.41, 5.74) is 9.80. The quantitative estimate of drug-likeness (QED) is 0.862. The maximum atomic E-state index is 12.2. The molecule has 0 aliphatic heterocycles. The van der Waals surface area contributed by atoms with Crippen molar-refractivity contribution in [1.82, 2.24) is 0 Å². The molecule has 4 heteroatoms. The third kappa shape index (κ3) is 4.18. The van der Waals surface area contributed by atoms with Gasteiger partial charge in [-0.25, -0.2) is 0 Å². The van der Waals surface area contributed by atoms with E-state index in [2.05, 4.69) is 15.9 Å². The highest BCUT2D eigenvalue weighted by Gasteiger charge is 2.06. The Balaban J connectivity index is 2.07. The van der Waals surface area contributed by atoms with Crippen LogP contribution in [0.5, 0.6) is 0 Å². The maximum absolute atomic E-state index is 12.2. The monoisotopic (exact) mass is 337 g/mol. The molecule has 2 N–H and O–H groups in total. The molecule has 2 aromatic rings. The van der Waals surface area contributed by atoms with Gasteiger partial charge in [0.05, 0.1) is 0 Å². The van der Waals surface area contributed by atoms with Gasteiger partial charge in [0.15, 0.2) is 0 Å². The lowest BCUT2D eigenvalue weighted by atomic mass is 10.1.